The van der Waals surface area contributed by atoms with Crippen LogP contribution in [0.3, 0.4) is 0 Å². The van der Waals surface area contributed by atoms with Crippen LogP contribution in [0.25, 0.3) is 16.7 Å². The molecule has 0 saturated heterocycles. The maximum Gasteiger partial charge on any atom is 0.267 e. The molecular formula is C24H25N5O2. The van der Waals surface area contributed by atoms with Crippen molar-refractivity contribution in [2.24, 2.45) is 0 Å². The van der Waals surface area contributed by atoms with Gasteiger partial charge < -0.3 is 9.88 Å². The van der Waals surface area contributed by atoms with Gasteiger partial charge in [-0.1, -0.05) is 36.4 Å². The van der Waals surface area contributed by atoms with E-state index in [1.54, 1.807) is 16.8 Å². The van der Waals surface area contributed by atoms with Crippen LogP contribution in [0, 0.1) is 12.3 Å². The third kappa shape index (κ3) is 3.63. The molecule has 3 heterocycles. The molecule has 0 bridgehead atoms. The summed E-state index contributed by atoms with van der Waals surface area (Å²) in [6, 6.07) is 14.4. The van der Waals surface area contributed by atoms with Crippen molar-refractivity contribution >= 4 is 22.6 Å². The highest BCUT2D eigenvalue weighted by atomic mass is 16.2. The van der Waals surface area contributed by atoms with Gasteiger partial charge in [-0.2, -0.15) is 0 Å². The number of nitrogens with zero attached hydrogens (tertiary/aromatic N) is 3. The summed E-state index contributed by atoms with van der Waals surface area (Å²) in [6.07, 6.45) is 1.73. The van der Waals surface area contributed by atoms with Crippen molar-refractivity contribution in [1.82, 2.24) is 19.3 Å². The molecule has 2 N–H and O–H groups in total. The Morgan fingerprint density at radius 1 is 1.10 bits per heavy atom. The number of nitrogens with one attached hydrogen (secondary N) is 2. The molecule has 1 unspecified atom stereocenters. The van der Waals surface area contributed by atoms with Crippen LogP contribution in [0.1, 0.15) is 54.3 Å². The molecule has 0 spiro atoms. The Morgan fingerprint density at radius 2 is 1.81 bits per heavy atom. The second kappa shape index (κ2) is 7.83. The van der Waals surface area contributed by atoms with E-state index >= 15 is 0 Å². The van der Waals surface area contributed by atoms with Gasteiger partial charge in [0.15, 0.2) is 0 Å². The Bertz CT molecular complexity index is 1420. The molecule has 31 heavy (non-hydrogen) atoms. The molecule has 0 aliphatic carbocycles. The van der Waals surface area contributed by atoms with Gasteiger partial charge in [0.1, 0.15) is 16.8 Å². The maximum atomic E-state index is 13.3. The lowest BCUT2D eigenvalue weighted by atomic mass is 10.1. The van der Waals surface area contributed by atoms with Crippen LogP contribution in [0.2, 0.25) is 0 Å². The molecule has 1 aromatic carbocycles. The predicted molar refractivity (Wildman–Crippen MR) is 120 cm³/mol. The van der Waals surface area contributed by atoms with Crippen LogP contribution < -0.4 is 16.4 Å². The van der Waals surface area contributed by atoms with Gasteiger partial charge in [-0.15, -0.1) is 0 Å². The number of amides is 1. The third-order valence-corrected chi connectivity index (χ3v) is 5.41. The number of benzene rings is 1. The smallest absolute Gasteiger partial charge is 0.267 e. The molecule has 0 aliphatic heterocycles. The molecule has 158 valence electrons. The summed E-state index contributed by atoms with van der Waals surface area (Å²) in [7, 11) is 0. The van der Waals surface area contributed by atoms with E-state index in [2.05, 4.69) is 10.3 Å². The molecule has 0 fully saturated rings. The van der Waals surface area contributed by atoms with Crippen molar-refractivity contribution in [3.05, 3.63) is 87.3 Å². The summed E-state index contributed by atoms with van der Waals surface area (Å²) in [5, 5.41) is 12.0. The Hall–Kier alpha value is -3.74. The molecule has 0 aliphatic rings. The molecule has 0 saturated carbocycles. The van der Waals surface area contributed by atoms with Gasteiger partial charge in [-0.05, 0) is 51.0 Å². The highest BCUT2D eigenvalue weighted by Gasteiger charge is 2.20. The van der Waals surface area contributed by atoms with Gasteiger partial charge in [0.25, 0.3) is 11.5 Å². The van der Waals surface area contributed by atoms with Crippen LogP contribution in [-0.4, -0.2) is 19.9 Å². The molecule has 7 heteroatoms. The summed E-state index contributed by atoms with van der Waals surface area (Å²) in [4.78, 5) is 31.0. The normalized spacial score (nSPS) is 12.4. The number of carbonyl (C=O) groups excluding carboxylic acids is 1. The Morgan fingerprint density at radius 3 is 2.48 bits per heavy atom. The van der Waals surface area contributed by atoms with Crippen LogP contribution >= 0.6 is 0 Å². The molecule has 4 rings (SSSR count). The van der Waals surface area contributed by atoms with Crippen molar-refractivity contribution in [3.63, 3.8) is 0 Å². The minimum atomic E-state index is -0.397. The standard InChI is InChI=1S/C24H25N5O2/c1-14(2)29-21(25)18(23(30)26-16(4)17-8-6-5-7-9-17)12-19-22(29)27-20-11-10-15(3)13-28(20)24(19)31/h5-14,16,25H,1-4H3,(H,26,30). The van der Waals surface area contributed by atoms with Crippen LogP contribution in [0.15, 0.2) is 59.5 Å². The lowest BCUT2D eigenvalue weighted by Gasteiger charge is -2.19. The maximum absolute atomic E-state index is 13.3. The Labute approximate surface area is 179 Å². The first-order chi connectivity index (χ1) is 14.8. The van der Waals surface area contributed by atoms with Gasteiger partial charge in [0.2, 0.25) is 0 Å². The highest BCUT2D eigenvalue weighted by Crippen LogP contribution is 2.16. The number of aryl methyl sites for hydroxylation is 1. The minimum Gasteiger partial charge on any atom is -0.345 e. The summed E-state index contributed by atoms with van der Waals surface area (Å²) in [5.41, 5.74) is 2.72. The summed E-state index contributed by atoms with van der Waals surface area (Å²) in [5.74, 6) is -0.397. The van der Waals surface area contributed by atoms with E-state index in [0.717, 1.165) is 11.1 Å². The second-order valence-electron chi connectivity index (χ2n) is 8.07. The average Bonchev–Trinajstić information content (AvgIpc) is 2.74. The first kappa shape index (κ1) is 20.5. The lowest BCUT2D eigenvalue weighted by molar-refractivity contribution is 0.0937. The Balaban J connectivity index is 1.91. The zero-order valence-corrected chi connectivity index (χ0v) is 18.0. The number of hydrogen-bond donors (Lipinski definition) is 2. The fourth-order valence-corrected chi connectivity index (χ4v) is 3.78. The van der Waals surface area contributed by atoms with E-state index in [1.165, 1.54) is 10.5 Å². The predicted octanol–water partition coefficient (Wildman–Crippen LogP) is 3.51. The fourth-order valence-electron chi connectivity index (χ4n) is 3.78. The first-order valence-electron chi connectivity index (χ1n) is 10.3. The van der Waals surface area contributed by atoms with E-state index in [0.29, 0.717) is 16.7 Å². The van der Waals surface area contributed by atoms with Crippen molar-refractivity contribution in [2.45, 2.75) is 39.8 Å². The summed E-state index contributed by atoms with van der Waals surface area (Å²) >= 11 is 0. The summed E-state index contributed by atoms with van der Waals surface area (Å²) < 4.78 is 3.12. The van der Waals surface area contributed by atoms with E-state index in [9.17, 15) is 9.59 Å². The van der Waals surface area contributed by atoms with Gasteiger partial charge in [-0.25, -0.2) is 4.98 Å². The number of rotatable bonds is 4. The van der Waals surface area contributed by atoms with E-state index in [4.69, 9.17) is 5.41 Å². The number of fused-ring (bicyclic) bond motifs is 2. The SMILES string of the molecule is Cc1ccc2nc3c(cc(C(=O)NC(C)c4ccccc4)c(=N)n3C(C)C)c(=O)n2c1. The van der Waals surface area contributed by atoms with Crippen LogP contribution in [-0.2, 0) is 0 Å². The van der Waals surface area contributed by atoms with E-state index < -0.39 is 5.91 Å². The first-order valence-corrected chi connectivity index (χ1v) is 10.3. The van der Waals surface area contributed by atoms with Crippen LogP contribution in [0.5, 0.6) is 0 Å². The summed E-state index contributed by atoms with van der Waals surface area (Å²) in [6.45, 7) is 7.61. The fraction of sp³-hybridized carbons (Fsp3) is 0.250. The molecule has 1 amide bonds. The molecule has 3 aromatic heterocycles. The van der Waals surface area contributed by atoms with Gasteiger partial charge in [0.05, 0.1) is 17.0 Å². The zero-order chi connectivity index (χ0) is 22.3. The van der Waals surface area contributed by atoms with Crippen molar-refractivity contribution in [2.75, 3.05) is 0 Å². The largest absolute Gasteiger partial charge is 0.345 e. The molecule has 1 atom stereocenters. The topological polar surface area (TPSA) is 92.2 Å². The zero-order valence-electron chi connectivity index (χ0n) is 18.0. The minimum absolute atomic E-state index is 0.0311. The Kier molecular flexibility index (Phi) is 5.19. The van der Waals surface area contributed by atoms with E-state index in [1.807, 2.05) is 64.1 Å². The third-order valence-electron chi connectivity index (χ3n) is 5.41. The number of pyridine rings is 2. The van der Waals surface area contributed by atoms with Crippen molar-refractivity contribution < 1.29 is 4.79 Å². The highest BCUT2D eigenvalue weighted by molar-refractivity contribution is 5.97. The van der Waals surface area contributed by atoms with Crippen LogP contribution in [0.4, 0.5) is 0 Å². The monoisotopic (exact) mass is 415 g/mol. The molecule has 4 aromatic rings. The van der Waals surface area contributed by atoms with Gasteiger partial charge >= 0.3 is 0 Å². The average molecular weight is 415 g/mol. The van der Waals surface area contributed by atoms with Crippen molar-refractivity contribution in [3.8, 4) is 0 Å². The van der Waals surface area contributed by atoms with Crippen molar-refractivity contribution in [1.29, 1.82) is 5.41 Å². The number of hydrogen-bond acceptors (Lipinski definition) is 4. The van der Waals surface area contributed by atoms with E-state index in [-0.39, 0.29) is 28.7 Å². The molecule has 0 radical (unpaired) electrons. The quantitative estimate of drug-likeness (QED) is 0.500. The molecule has 7 nitrogen and oxygen atoms in total. The number of carbonyl (C=O) groups is 1. The van der Waals surface area contributed by atoms with Gasteiger partial charge in [-0.3, -0.25) is 19.4 Å². The second-order valence-corrected chi connectivity index (χ2v) is 8.07. The molecular weight excluding hydrogens is 390 g/mol. The number of aromatic nitrogens is 3. The van der Waals surface area contributed by atoms with Gasteiger partial charge in [0, 0.05) is 12.2 Å². The lowest BCUT2D eigenvalue weighted by Crippen LogP contribution is -2.36.